The van der Waals surface area contributed by atoms with Crippen molar-refractivity contribution in [3.8, 4) is 0 Å². The molecule has 0 heterocycles. The van der Waals surface area contributed by atoms with Gasteiger partial charge in [0, 0.05) is 24.6 Å². The standard InChI is InChI=1S/C9H14N2OS.C2H6N2O/c1-11(10)8-4-3-5-9(13-2)7(8)6-12;1-4(3)2-5/h3-5,12H,6,10H2,1-2H3;2H,3H2,1H3. The molecule has 0 saturated carbocycles. The van der Waals surface area contributed by atoms with E-state index in [-0.39, 0.29) is 6.61 Å². The van der Waals surface area contributed by atoms with Crippen molar-refractivity contribution in [2.75, 3.05) is 25.4 Å². The van der Waals surface area contributed by atoms with Gasteiger partial charge < -0.3 is 10.1 Å². The first-order valence-corrected chi connectivity index (χ1v) is 6.38. The highest BCUT2D eigenvalue weighted by Gasteiger charge is 2.07. The van der Waals surface area contributed by atoms with E-state index in [9.17, 15) is 9.90 Å². The molecule has 0 fully saturated rings. The fourth-order valence-electron chi connectivity index (χ4n) is 1.23. The number of carbonyl (C=O) groups is 1. The van der Waals surface area contributed by atoms with Crippen LogP contribution in [0.25, 0.3) is 0 Å². The number of amides is 1. The zero-order valence-corrected chi connectivity index (χ0v) is 11.6. The summed E-state index contributed by atoms with van der Waals surface area (Å²) in [4.78, 5) is 10.4. The van der Waals surface area contributed by atoms with Crippen LogP contribution < -0.4 is 16.7 Å². The molecule has 5 N–H and O–H groups in total. The number of nitrogens with two attached hydrogens (primary N) is 2. The van der Waals surface area contributed by atoms with Crippen LogP contribution in [-0.2, 0) is 11.4 Å². The molecular weight excluding hydrogens is 252 g/mol. The van der Waals surface area contributed by atoms with Crippen LogP contribution in [0.4, 0.5) is 5.69 Å². The van der Waals surface area contributed by atoms with Crippen molar-refractivity contribution in [2.45, 2.75) is 11.5 Å². The molecule has 0 saturated heterocycles. The minimum Gasteiger partial charge on any atom is -0.392 e. The number of hydrogen-bond acceptors (Lipinski definition) is 6. The Morgan fingerprint density at radius 2 is 1.94 bits per heavy atom. The summed E-state index contributed by atoms with van der Waals surface area (Å²) in [7, 11) is 3.23. The summed E-state index contributed by atoms with van der Waals surface area (Å²) in [5.41, 5.74) is 1.76. The molecule has 1 aromatic rings. The Kier molecular flexibility index (Phi) is 8.14. The smallest absolute Gasteiger partial charge is 0.223 e. The minimum atomic E-state index is 0.0217. The lowest BCUT2D eigenvalue weighted by Crippen LogP contribution is -2.26. The monoisotopic (exact) mass is 272 g/mol. The first-order valence-electron chi connectivity index (χ1n) is 5.15. The van der Waals surface area contributed by atoms with E-state index in [0.717, 1.165) is 21.2 Å². The minimum absolute atomic E-state index is 0.0217. The third-order valence-electron chi connectivity index (χ3n) is 2.03. The molecule has 18 heavy (non-hydrogen) atoms. The molecule has 0 atom stereocenters. The molecule has 1 aromatic carbocycles. The molecule has 0 radical (unpaired) electrons. The molecule has 6 nitrogen and oxygen atoms in total. The lowest BCUT2D eigenvalue weighted by molar-refractivity contribution is -0.117. The summed E-state index contributed by atoms with van der Waals surface area (Å²) in [5.74, 6) is 10.4. The van der Waals surface area contributed by atoms with Crippen molar-refractivity contribution in [1.82, 2.24) is 5.01 Å². The highest BCUT2D eigenvalue weighted by Crippen LogP contribution is 2.27. The van der Waals surface area contributed by atoms with Crippen molar-refractivity contribution in [3.63, 3.8) is 0 Å². The maximum absolute atomic E-state index is 9.31. The van der Waals surface area contributed by atoms with Crippen LogP contribution >= 0.6 is 11.8 Å². The Labute approximate surface area is 111 Å². The van der Waals surface area contributed by atoms with Crippen LogP contribution in [0.15, 0.2) is 23.1 Å². The number of benzene rings is 1. The van der Waals surface area contributed by atoms with E-state index in [1.165, 1.54) is 12.1 Å². The van der Waals surface area contributed by atoms with Crippen molar-refractivity contribution >= 4 is 23.9 Å². The highest BCUT2D eigenvalue weighted by molar-refractivity contribution is 7.98. The number of carbonyl (C=O) groups excluding carboxylic acids is 1. The average molecular weight is 272 g/mol. The number of thioether (sulfide) groups is 1. The third-order valence-corrected chi connectivity index (χ3v) is 2.85. The fourth-order valence-corrected chi connectivity index (χ4v) is 1.86. The molecule has 0 aliphatic heterocycles. The van der Waals surface area contributed by atoms with Gasteiger partial charge in [-0.2, -0.15) is 0 Å². The van der Waals surface area contributed by atoms with Crippen molar-refractivity contribution < 1.29 is 9.90 Å². The van der Waals surface area contributed by atoms with E-state index in [1.807, 2.05) is 24.5 Å². The Hall–Kier alpha value is -1.28. The van der Waals surface area contributed by atoms with Gasteiger partial charge in [0.05, 0.1) is 12.3 Å². The summed E-state index contributed by atoms with van der Waals surface area (Å²) in [5, 5.41) is 11.6. The Bertz CT molecular complexity index is 372. The van der Waals surface area contributed by atoms with Gasteiger partial charge in [-0.15, -0.1) is 11.8 Å². The Morgan fingerprint density at radius 3 is 2.28 bits per heavy atom. The van der Waals surface area contributed by atoms with Gasteiger partial charge in [0.1, 0.15) is 0 Å². The lowest BCUT2D eigenvalue weighted by Gasteiger charge is -2.17. The largest absolute Gasteiger partial charge is 0.392 e. The summed E-state index contributed by atoms with van der Waals surface area (Å²) in [6.07, 6.45) is 2.51. The van der Waals surface area contributed by atoms with Gasteiger partial charge >= 0.3 is 0 Å². The fraction of sp³-hybridized carbons (Fsp3) is 0.364. The zero-order valence-electron chi connectivity index (χ0n) is 10.8. The van der Waals surface area contributed by atoms with E-state index < -0.39 is 0 Å². The van der Waals surface area contributed by atoms with E-state index in [0.29, 0.717) is 6.41 Å². The second-order valence-electron chi connectivity index (χ2n) is 3.50. The number of aliphatic hydroxyl groups excluding tert-OH is 1. The van der Waals surface area contributed by atoms with Crippen LogP contribution in [-0.4, -0.2) is 36.9 Å². The van der Waals surface area contributed by atoms with Crippen LogP contribution in [0.2, 0.25) is 0 Å². The second kappa shape index (κ2) is 8.76. The third kappa shape index (κ3) is 5.37. The highest BCUT2D eigenvalue weighted by atomic mass is 32.2. The Balaban J connectivity index is 0.000000494. The first kappa shape index (κ1) is 16.7. The van der Waals surface area contributed by atoms with Crippen LogP contribution in [0, 0.1) is 0 Å². The predicted octanol–water partition coefficient (Wildman–Crippen LogP) is 0.159. The maximum Gasteiger partial charge on any atom is 0.223 e. The summed E-state index contributed by atoms with van der Waals surface area (Å²) >= 11 is 1.61. The lowest BCUT2D eigenvalue weighted by atomic mass is 10.2. The van der Waals surface area contributed by atoms with Crippen molar-refractivity contribution in [1.29, 1.82) is 0 Å². The molecule has 0 aromatic heterocycles. The van der Waals surface area contributed by atoms with E-state index >= 15 is 0 Å². The van der Waals surface area contributed by atoms with E-state index in [1.54, 1.807) is 18.8 Å². The average Bonchev–Trinajstić information content (AvgIpc) is 2.38. The predicted molar refractivity (Wildman–Crippen MR) is 74.8 cm³/mol. The molecule has 0 aliphatic carbocycles. The normalized spacial score (nSPS) is 9.22. The molecule has 0 aliphatic rings. The maximum atomic E-state index is 9.31. The number of anilines is 1. The molecule has 102 valence electrons. The van der Waals surface area contributed by atoms with Crippen molar-refractivity contribution in [2.24, 2.45) is 11.7 Å². The summed E-state index contributed by atoms with van der Waals surface area (Å²) in [6, 6.07) is 5.80. The molecule has 1 amide bonds. The first-order chi connectivity index (χ1) is 8.47. The van der Waals surface area contributed by atoms with Gasteiger partial charge in [-0.1, -0.05) is 6.07 Å². The number of hydrazine groups is 2. The van der Waals surface area contributed by atoms with Gasteiger partial charge in [0.25, 0.3) is 0 Å². The Morgan fingerprint density at radius 1 is 1.39 bits per heavy atom. The van der Waals surface area contributed by atoms with Gasteiger partial charge in [0.2, 0.25) is 6.41 Å². The topological polar surface area (TPSA) is 95.8 Å². The molecular formula is C11H20N4O2S. The number of aliphatic hydroxyl groups is 1. The van der Waals surface area contributed by atoms with Gasteiger partial charge in [-0.3, -0.25) is 9.80 Å². The summed E-state index contributed by atoms with van der Waals surface area (Å²) < 4.78 is 0. The van der Waals surface area contributed by atoms with Gasteiger partial charge in [0.15, 0.2) is 0 Å². The van der Waals surface area contributed by atoms with E-state index in [4.69, 9.17) is 11.7 Å². The molecule has 0 bridgehead atoms. The molecule has 0 spiro atoms. The zero-order chi connectivity index (χ0) is 14.1. The van der Waals surface area contributed by atoms with Gasteiger partial charge in [-0.05, 0) is 18.4 Å². The van der Waals surface area contributed by atoms with Gasteiger partial charge in [-0.25, -0.2) is 11.7 Å². The van der Waals surface area contributed by atoms with Crippen LogP contribution in [0.5, 0.6) is 0 Å². The molecule has 0 unspecified atom stereocenters. The quantitative estimate of drug-likeness (QED) is 0.237. The summed E-state index contributed by atoms with van der Waals surface area (Å²) in [6.45, 7) is 0.0217. The van der Waals surface area contributed by atoms with Crippen LogP contribution in [0.3, 0.4) is 0 Å². The molecule has 1 rings (SSSR count). The SMILES string of the molecule is CN(N)C=O.CSc1cccc(N(C)N)c1CO. The number of hydrogen-bond donors (Lipinski definition) is 3. The number of nitrogens with zero attached hydrogens (tertiary/aromatic N) is 2. The number of rotatable bonds is 4. The van der Waals surface area contributed by atoms with Crippen molar-refractivity contribution in [3.05, 3.63) is 23.8 Å². The molecule has 7 heteroatoms. The van der Waals surface area contributed by atoms with Crippen LogP contribution in [0.1, 0.15) is 5.56 Å². The van der Waals surface area contributed by atoms with E-state index in [2.05, 4.69) is 0 Å². The second-order valence-corrected chi connectivity index (χ2v) is 4.35.